The second-order valence-electron chi connectivity index (χ2n) is 2.39. The summed E-state index contributed by atoms with van der Waals surface area (Å²) in [6.45, 7) is 5.76. The molecule has 10 heavy (non-hydrogen) atoms. The zero-order valence-electron chi connectivity index (χ0n) is 6.60. The Bertz CT molecular complexity index is 49.2. The van der Waals surface area contributed by atoms with Crippen LogP contribution in [0.5, 0.6) is 0 Å². The summed E-state index contributed by atoms with van der Waals surface area (Å²) in [6.07, 6.45) is 4.72. The van der Waals surface area contributed by atoms with Crippen molar-refractivity contribution in [3.05, 3.63) is 6.92 Å². The molecule has 1 radical (unpaired) electrons. The minimum Gasteiger partial charge on any atom is -0.395 e. The molecule has 0 bridgehead atoms. The van der Waals surface area contributed by atoms with Gasteiger partial charge in [-0.15, -0.1) is 0 Å². The molecule has 0 unspecified atom stereocenters. The van der Waals surface area contributed by atoms with Crippen molar-refractivity contribution < 1.29 is 5.11 Å². The molecule has 0 aliphatic heterocycles. The predicted octanol–water partition coefficient (Wildman–Crippen LogP) is 0.963. The van der Waals surface area contributed by atoms with E-state index in [4.69, 9.17) is 5.11 Å². The monoisotopic (exact) mass is 144 g/mol. The SMILES string of the molecule is [CH2]CCCCCNCCO. The second-order valence-corrected chi connectivity index (χ2v) is 2.39. The quantitative estimate of drug-likeness (QED) is 0.522. The van der Waals surface area contributed by atoms with E-state index in [-0.39, 0.29) is 6.61 Å². The van der Waals surface area contributed by atoms with Crippen LogP contribution < -0.4 is 5.32 Å². The molecule has 0 aromatic carbocycles. The molecule has 0 fully saturated rings. The van der Waals surface area contributed by atoms with E-state index in [0.717, 1.165) is 19.5 Å². The first-order valence-corrected chi connectivity index (χ1v) is 4.02. The summed E-state index contributed by atoms with van der Waals surface area (Å²) < 4.78 is 0. The lowest BCUT2D eigenvalue weighted by Gasteiger charge is -2.00. The van der Waals surface area contributed by atoms with Gasteiger partial charge >= 0.3 is 0 Å². The average molecular weight is 144 g/mol. The van der Waals surface area contributed by atoms with Gasteiger partial charge in [0.15, 0.2) is 0 Å². The number of hydrogen-bond donors (Lipinski definition) is 2. The Labute approximate surface area is 63.6 Å². The first kappa shape index (κ1) is 9.92. The largest absolute Gasteiger partial charge is 0.395 e. The van der Waals surface area contributed by atoms with Crippen molar-refractivity contribution in [3.63, 3.8) is 0 Å². The van der Waals surface area contributed by atoms with Crippen LogP contribution in [-0.4, -0.2) is 24.8 Å². The molecular formula is C8H18NO. The first-order valence-electron chi connectivity index (χ1n) is 4.02. The minimum atomic E-state index is 0.245. The van der Waals surface area contributed by atoms with Crippen LogP contribution in [0.4, 0.5) is 0 Å². The van der Waals surface area contributed by atoms with Gasteiger partial charge in [0.25, 0.3) is 0 Å². The number of rotatable bonds is 7. The molecule has 0 heterocycles. The Hall–Kier alpha value is -0.0800. The fourth-order valence-electron chi connectivity index (χ4n) is 0.808. The van der Waals surface area contributed by atoms with Crippen LogP contribution in [0, 0.1) is 6.92 Å². The predicted molar refractivity (Wildman–Crippen MR) is 43.8 cm³/mol. The molecule has 61 valence electrons. The minimum absolute atomic E-state index is 0.245. The zero-order chi connectivity index (χ0) is 7.66. The fraction of sp³-hybridized carbons (Fsp3) is 0.875. The van der Waals surface area contributed by atoms with Crippen molar-refractivity contribution in [2.24, 2.45) is 0 Å². The molecule has 2 nitrogen and oxygen atoms in total. The van der Waals surface area contributed by atoms with Crippen LogP contribution in [0.3, 0.4) is 0 Å². The summed E-state index contributed by atoms with van der Waals surface area (Å²) in [6, 6.07) is 0. The van der Waals surface area contributed by atoms with E-state index in [1.807, 2.05) is 0 Å². The normalized spacial score (nSPS) is 10.2. The molecule has 0 amide bonds. The first-order chi connectivity index (χ1) is 4.91. The Morgan fingerprint density at radius 3 is 2.50 bits per heavy atom. The maximum atomic E-state index is 8.40. The third-order valence-corrected chi connectivity index (χ3v) is 1.39. The summed E-state index contributed by atoms with van der Waals surface area (Å²) >= 11 is 0. The molecule has 0 aromatic rings. The number of unbranched alkanes of at least 4 members (excludes halogenated alkanes) is 3. The van der Waals surface area contributed by atoms with E-state index in [0.29, 0.717) is 0 Å². The van der Waals surface area contributed by atoms with E-state index >= 15 is 0 Å². The van der Waals surface area contributed by atoms with Crippen molar-refractivity contribution in [1.29, 1.82) is 0 Å². The van der Waals surface area contributed by atoms with Crippen LogP contribution >= 0.6 is 0 Å². The molecule has 0 saturated carbocycles. The molecule has 0 aliphatic carbocycles. The van der Waals surface area contributed by atoms with E-state index in [9.17, 15) is 0 Å². The molecule has 0 spiro atoms. The third-order valence-electron chi connectivity index (χ3n) is 1.39. The lowest BCUT2D eigenvalue weighted by molar-refractivity contribution is 0.292. The van der Waals surface area contributed by atoms with Gasteiger partial charge < -0.3 is 10.4 Å². The number of nitrogens with one attached hydrogen (secondary N) is 1. The highest BCUT2D eigenvalue weighted by atomic mass is 16.3. The molecule has 0 atom stereocenters. The van der Waals surface area contributed by atoms with Gasteiger partial charge in [0.2, 0.25) is 0 Å². The fourth-order valence-corrected chi connectivity index (χ4v) is 0.808. The zero-order valence-corrected chi connectivity index (χ0v) is 6.60. The highest BCUT2D eigenvalue weighted by Crippen LogP contribution is 1.96. The molecule has 2 heteroatoms. The van der Waals surface area contributed by atoms with Gasteiger partial charge in [-0.05, 0) is 13.0 Å². The summed E-state index contributed by atoms with van der Waals surface area (Å²) in [4.78, 5) is 0. The maximum Gasteiger partial charge on any atom is 0.0555 e. The highest BCUT2D eigenvalue weighted by molar-refractivity contribution is 4.48. The van der Waals surface area contributed by atoms with E-state index < -0.39 is 0 Å². The Morgan fingerprint density at radius 2 is 1.90 bits per heavy atom. The Balaban J connectivity index is 2.65. The third kappa shape index (κ3) is 7.92. The lowest BCUT2D eigenvalue weighted by Crippen LogP contribution is -2.19. The molecule has 0 aliphatic rings. The van der Waals surface area contributed by atoms with Crippen molar-refractivity contribution in [3.8, 4) is 0 Å². The van der Waals surface area contributed by atoms with Crippen molar-refractivity contribution in [2.75, 3.05) is 19.7 Å². The highest BCUT2D eigenvalue weighted by Gasteiger charge is 1.86. The van der Waals surface area contributed by atoms with Crippen LogP contribution in [0.15, 0.2) is 0 Å². The van der Waals surface area contributed by atoms with E-state index in [2.05, 4.69) is 12.2 Å². The number of hydrogen-bond acceptors (Lipinski definition) is 2. The number of aliphatic hydroxyl groups excluding tert-OH is 1. The van der Waals surface area contributed by atoms with E-state index in [1.54, 1.807) is 0 Å². The van der Waals surface area contributed by atoms with Gasteiger partial charge in [0.1, 0.15) is 0 Å². The topological polar surface area (TPSA) is 32.3 Å². The second kappa shape index (κ2) is 8.92. The summed E-state index contributed by atoms with van der Waals surface area (Å²) in [5, 5.41) is 11.5. The van der Waals surface area contributed by atoms with Crippen LogP contribution in [0.2, 0.25) is 0 Å². The van der Waals surface area contributed by atoms with Gasteiger partial charge in [0, 0.05) is 6.54 Å². The van der Waals surface area contributed by atoms with Crippen LogP contribution in [0.25, 0.3) is 0 Å². The van der Waals surface area contributed by atoms with Crippen LogP contribution in [-0.2, 0) is 0 Å². The smallest absolute Gasteiger partial charge is 0.0555 e. The molecule has 2 N–H and O–H groups in total. The summed E-state index contributed by atoms with van der Waals surface area (Å²) in [7, 11) is 0. The Morgan fingerprint density at radius 1 is 1.10 bits per heavy atom. The summed E-state index contributed by atoms with van der Waals surface area (Å²) in [5.41, 5.74) is 0. The van der Waals surface area contributed by atoms with Gasteiger partial charge in [-0.2, -0.15) is 0 Å². The van der Waals surface area contributed by atoms with Gasteiger partial charge in [0.05, 0.1) is 6.61 Å². The standard InChI is InChI=1S/C8H18NO/c1-2-3-4-5-6-9-7-8-10/h9-10H,1-8H2. The van der Waals surface area contributed by atoms with Crippen molar-refractivity contribution in [2.45, 2.75) is 25.7 Å². The van der Waals surface area contributed by atoms with Gasteiger partial charge in [-0.3, -0.25) is 0 Å². The van der Waals surface area contributed by atoms with E-state index in [1.165, 1.54) is 19.3 Å². The van der Waals surface area contributed by atoms with Crippen LogP contribution in [0.1, 0.15) is 25.7 Å². The van der Waals surface area contributed by atoms with Gasteiger partial charge in [-0.25, -0.2) is 0 Å². The van der Waals surface area contributed by atoms with Gasteiger partial charge in [-0.1, -0.05) is 26.2 Å². The molecule has 0 aromatic heterocycles. The number of aliphatic hydroxyl groups is 1. The van der Waals surface area contributed by atoms with Crippen molar-refractivity contribution in [1.82, 2.24) is 5.32 Å². The lowest BCUT2D eigenvalue weighted by atomic mass is 10.2. The average Bonchev–Trinajstić information content (AvgIpc) is 1.97. The summed E-state index contributed by atoms with van der Waals surface area (Å²) in [5.74, 6) is 0. The molecule has 0 saturated heterocycles. The van der Waals surface area contributed by atoms with Crippen molar-refractivity contribution >= 4 is 0 Å². The molecule has 0 rings (SSSR count). The maximum absolute atomic E-state index is 8.40. The Kier molecular flexibility index (Phi) is 8.85. The molecular weight excluding hydrogens is 126 g/mol.